The average Bonchev–Trinajstić information content (AvgIpc) is 3.72. The van der Waals surface area contributed by atoms with Crippen LogP contribution in [0.2, 0.25) is 0 Å². The van der Waals surface area contributed by atoms with Gasteiger partial charge in [0, 0.05) is 42.7 Å². The molecular formula is C46H31N3S. The molecule has 236 valence electrons. The molecule has 9 rings (SSSR count). The Balaban J connectivity index is 0.992. The molecule has 0 unspecified atom stereocenters. The lowest BCUT2D eigenvalue weighted by atomic mass is 9.98. The van der Waals surface area contributed by atoms with Gasteiger partial charge in [-0.2, -0.15) is 0 Å². The van der Waals surface area contributed by atoms with Crippen LogP contribution in [-0.2, 0) is 0 Å². The fraction of sp³-hybridized carbons (Fsp3) is 0. The summed E-state index contributed by atoms with van der Waals surface area (Å²) in [4.78, 5) is 4.66. The number of hydrogen-bond donors (Lipinski definition) is 1. The minimum Gasteiger partial charge on any atom is -0.300 e. The van der Waals surface area contributed by atoms with E-state index in [1.165, 1.54) is 53.2 Å². The molecule has 0 atom stereocenters. The van der Waals surface area contributed by atoms with Gasteiger partial charge in [-0.25, -0.2) is 4.99 Å². The normalized spacial score (nSPS) is 11.9. The van der Waals surface area contributed by atoms with Gasteiger partial charge in [0.15, 0.2) is 0 Å². The number of fused-ring (bicyclic) bond motifs is 6. The molecule has 0 aliphatic heterocycles. The van der Waals surface area contributed by atoms with Gasteiger partial charge in [-0.05, 0) is 69.8 Å². The minimum absolute atomic E-state index is 0.409. The van der Waals surface area contributed by atoms with Crippen LogP contribution >= 0.6 is 11.3 Å². The van der Waals surface area contributed by atoms with Crippen LogP contribution in [0.4, 0.5) is 0 Å². The summed E-state index contributed by atoms with van der Waals surface area (Å²) in [5, 5.41) is 13.8. The Kier molecular flexibility index (Phi) is 7.49. The van der Waals surface area contributed by atoms with Gasteiger partial charge >= 0.3 is 0 Å². The predicted octanol–water partition coefficient (Wildman–Crippen LogP) is 12.6. The molecular weight excluding hydrogens is 627 g/mol. The molecule has 0 spiro atoms. The molecule has 0 saturated carbocycles. The summed E-state index contributed by atoms with van der Waals surface area (Å²) in [6, 6.07) is 57.6. The van der Waals surface area contributed by atoms with Gasteiger partial charge in [-0.15, -0.1) is 11.3 Å². The largest absolute Gasteiger partial charge is 0.300 e. The SMILES string of the molecule is N=C(/C=C\N=Cn1c2ccccc2c2cc(-c3cccc4c3sc3ccccc34)ccc21)c1cccc(-c2ccc(-c3ccccc3)cc2)c1. The average molecular weight is 658 g/mol. The van der Waals surface area contributed by atoms with Crippen LogP contribution in [0.5, 0.6) is 0 Å². The highest BCUT2D eigenvalue weighted by molar-refractivity contribution is 7.26. The summed E-state index contributed by atoms with van der Waals surface area (Å²) < 4.78 is 4.77. The number of allylic oxidation sites excluding steroid dienone is 1. The highest BCUT2D eigenvalue weighted by Gasteiger charge is 2.14. The van der Waals surface area contributed by atoms with Crippen molar-refractivity contribution < 1.29 is 0 Å². The molecule has 1 N–H and O–H groups in total. The zero-order valence-electron chi connectivity index (χ0n) is 27.1. The summed E-state index contributed by atoms with van der Waals surface area (Å²) in [5.74, 6) is 0. The van der Waals surface area contributed by atoms with Gasteiger partial charge < -0.3 is 5.41 Å². The second-order valence-corrected chi connectivity index (χ2v) is 13.5. The Labute approximate surface area is 294 Å². The first kappa shape index (κ1) is 29.8. The van der Waals surface area contributed by atoms with Crippen LogP contribution in [-0.4, -0.2) is 16.6 Å². The monoisotopic (exact) mass is 657 g/mol. The zero-order valence-corrected chi connectivity index (χ0v) is 27.9. The fourth-order valence-electron chi connectivity index (χ4n) is 6.94. The molecule has 9 aromatic rings. The minimum atomic E-state index is 0.409. The molecule has 4 heteroatoms. The molecule has 0 amide bonds. The number of aromatic nitrogens is 1. The van der Waals surface area contributed by atoms with Gasteiger partial charge in [-0.1, -0.05) is 133 Å². The summed E-state index contributed by atoms with van der Waals surface area (Å²) in [6.45, 7) is 0. The third-order valence-corrected chi connectivity index (χ3v) is 10.7. The van der Waals surface area contributed by atoms with Gasteiger partial charge in [0.05, 0.1) is 23.1 Å². The van der Waals surface area contributed by atoms with Crippen molar-refractivity contribution in [2.45, 2.75) is 0 Å². The Bertz CT molecular complexity index is 2760. The molecule has 0 aliphatic carbocycles. The molecule has 2 aromatic heterocycles. The van der Waals surface area contributed by atoms with E-state index in [1.54, 1.807) is 12.3 Å². The van der Waals surface area contributed by atoms with E-state index in [-0.39, 0.29) is 0 Å². The van der Waals surface area contributed by atoms with Gasteiger partial charge in [0.1, 0.15) is 0 Å². The van der Waals surface area contributed by atoms with Crippen LogP contribution in [0, 0.1) is 5.41 Å². The first-order valence-electron chi connectivity index (χ1n) is 16.7. The van der Waals surface area contributed by atoms with Gasteiger partial charge in [-0.3, -0.25) is 4.57 Å². The Morgan fingerprint density at radius 3 is 2.02 bits per heavy atom. The van der Waals surface area contributed by atoms with Crippen LogP contribution in [0.25, 0.3) is 75.4 Å². The first-order valence-corrected chi connectivity index (χ1v) is 17.5. The third kappa shape index (κ3) is 5.33. The zero-order chi connectivity index (χ0) is 33.4. The summed E-state index contributed by atoms with van der Waals surface area (Å²) in [5.41, 5.74) is 10.5. The summed E-state index contributed by atoms with van der Waals surface area (Å²) in [7, 11) is 0. The lowest BCUT2D eigenvalue weighted by molar-refractivity contribution is 1.30. The summed E-state index contributed by atoms with van der Waals surface area (Å²) in [6.07, 6.45) is 5.32. The summed E-state index contributed by atoms with van der Waals surface area (Å²) >= 11 is 1.86. The second-order valence-electron chi connectivity index (χ2n) is 12.4. The smallest absolute Gasteiger partial charge is 0.0995 e. The van der Waals surface area contributed by atoms with Crippen molar-refractivity contribution in [2.75, 3.05) is 0 Å². The van der Waals surface area contributed by atoms with Crippen molar-refractivity contribution in [1.82, 2.24) is 4.57 Å². The van der Waals surface area contributed by atoms with Gasteiger partial charge in [0.25, 0.3) is 0 Å². The predicted molar refractivity (Wildman–Crippen MR) is 215 cm³/mol. The number of thiophene rings is 1. The van der Waals surface area contributed by atoms with Crippen LogP contribution in [0.15, 0.2) is 181 Å². The quantitative estimate of drug-likeness (QED) is 0.131. The highest BCUT2D eigenvalue weighted by Crippen LogP contribution is 2.41. The van der Waals surface area contributed by atoms with Crippen molar-refractivity contribution in [3.05, 3.63) is 182 Å². The number of hydrogen-bond acceptors (Lipinski definition) is 3. The van der Waals surface area contributed by atoms with Crippen molar-refractivity contribution >= 4 is 65.4 Å². The number of para-hydroxylation sites is 1. The topological polar surface area (TPSA) is 41.1 Å². The van der Waals surface area contributed by atoms with E-state index in [0.29, 0.717) is 5.71 Å². The molecule has 3 nitrogen and oxygen atoms in total. The van der Waals surface area contributed by atoms with E-state index in [1.807, 2.05) is 35.9 Å². The fourth-order valence-corrected chi connectivity index (χ4v) is 8.18. The van der Waals surface area contributed by atoms with E-state index < -0.39 is 0 Å². The molecule has 7 aromatic carbocycles. The molecule has 0 radical (unpaired) electrons. The number of aliphatic imine (C=N–C) groups is 1. The molecule has 0 saturated heterocycles. The number of nitrogens with zero attached hydrogens (tertiary/aromatic N) is 2. The van der Waals surface area contributed by atoms with Gasteiger partial charge in [0.2, 0.25) is 0 Å². The van der Waals surface area contributed by atoms with Crippen LogP contribution in [0.1, 0.15) is 5.56 Å². The number of rotatable bonds is 7. The van der Waals surface area contributed by atoms with E-state index >= 15 is 0 Å². The molecule has 50 heavy (non-hydrogen) atoms. The molecule has 2 heterocycles. The first-order chi connectivity index (χ1) is 24.7. The van der Waals surface area contributed by atoms with Crippen molar-refractivity contribution in [2.24, 2.45) is 4.99 Å². The van der Waals surface area contributed by atoms with E-state index in [9.17, 15) is 0 Å². The highest BCUT2D eigenvalue weighted by atomic mass is 32.1. The molecule has 0 bridgehead atoms. The van der Waals surface area contributed by atoms with E-state index in [2.05, 4.69) is 155 Å². The van der Waals surface area contributed by atoms with Crippen LogP contribution < -0.4 is 0 Å². The maximum absolute atomic E-state index is 8.78. The Morgan fingerprint density at radius 1 is 0.520 bits per heavy atom. The Morgan fingerprint density at radius 2 is 1.16 bits per heavy atom. The number of nitrogens with one attached hydrogen (secondary N) is 1. The third-order valence-electron chi connectivity index (χ3n) is 9.43. The maximum atomic E-state index is 8.78. The lowest BCUT2D eigenvalue weighted by Crippen LogP contribution is -1.96. The molecule has 0 aliphatic rings. The second kappa shape index (κ2) is 12.6. The lowest BCUT2D eigenvalue weighted by Gasteiger charge is -2.07. The van der Waals surface area contributed by atoms with Crippen molar-refractivity contribution in [1.29, 1.82) is 5.41 Å². The van der Waals surface area contributed by atoms with Crippen molar-refractivity contribution in [3.8, 4) is 33.4 Å². The van der Waals surface area contributed by atoms with E-state index in [4.69, 9.17) is 5.41 Å². The maximum Gasteiger partial charge on any atom is 0.0995 e. The van der Waals surface area contributed by atoms with E-state index in [0.717, 1.165) is 27.7 Å². The number of benzene rings is 7. The van der Waals surface area contributed by atoms with Crippen molar-refractivity contribution in [3.63, 3.8) is 0 Å². The Hall–Kier alpha value is -6.36. The standard InChI is InChI=1S/C46H31N3S/c47-42(36-13-8-12-34(28-36)33-22-20-32(21-23-33)31-10-2-1-3-11-31)26-27-48-30-49-43-18-6-4-14-38(43)41-29-35(24-25-44(41)49)37-16-9-17-40-39-15-5-7-19-45(39)50-46(37)40/h1-30,47H/b27-26-,47-42?,48-30?. The van der Waals surface area contributed by atoms with Crippen LogP contribution in [0.3, 0.4) is 0 Å². The molecule has 0 fully saturated rings.